The maximum Gasteiger partial charge on any atom is 0.255 e. The van der Waals surface area contributed by atoms with E-state index in [0.717, 1.165) is 18.6 Å². The largest absolute Gasteiger partial charge is 0.292 e. The molecule has 4 nitrogen and oxygen atoms in total. The van der Waals surface area contributed by atoms with Gasteiger partial charge in [0.05, 0.1) is 11.1 Å². The molecule has 0 aromatic carbocycles. The fraction of sp³-hybridized carbons (Fsp3) is 0.632. The minimum absolute atomic E-state index is 0.00817. The Morgan fingerprint density at radius 3 is 2.52 bits per heavy atom. The van der Waals surface area contributed by atoms with E-state index in [-0.39, 0.29) is 18.2 Å². The van der Waals surface area contributed by atoms with Crippen LogP contribution < -0.4 is 0 Å². The summed E-state index contributed by atoms with van der Waals surface area (Å²) in [6, 6.07) is 0. The Morgan fingerprint density at radius 2 is 1.96 bits per heavy atom. The lowest BCUT2D eigenvalue weighted by Crippen LogP contribution is -2.44. The zero-order valence-corrected chi connectivity index (χ0v) is 14.8. The molecule has 1 heterocycles. The molecule has 0 aromatic rings. The van der Waals surface area contributed by atoms with Gasteiger partial charge in [-0.25, -0.2) is 5.01 Å². The third kappa shape index (κ3) is 3.31. The number of hydrogen-bond acceptors (Lipinski definition) is 3. The Hall–Kier alpha value is -1.71. The number of ketones is 1. The first-order chi connectivity index (χ1) is 10.9. The molecular weight excluding hydrogens is 288 g/mol. The molecule has 1 unspecified atom stereocenters. The molecule has 1 aliphatic carbocycles. The molecule has 1 saturated carbocycles. The molecular formula is C19H28N2O2. The summed E-state index contributed by atoms with van der Waals surface area (Å²) in [5.74, 6) is 0.277. The van der Waals surface area contributed by atoms with E-state index in [2.05, 4.69) is 5.10 Å². The minimum atomic E-state index is -0.530. The number of hydrogen-bond donors (Lipinski definition) is 0. The Bertz CT molecular complexity index is 568. The van der Waals surface area contributed by atoms with Crippen LogP contribution in [-0.2, 0) is 9.59 Å². The molecule has 126 valence electrons. The van der Waals surface area contributed by atoms with Crippen molar-refractivity contribution < 1.29 is 9.59 Å². The van der Waals surface area contributed by atoms with Gasteiger partial charge >= 0.3 is 0 Å². The molecule has 4 heteroatoms. The molecule has 1 atom stereocenters. The van der Waals surface area contributed by atoms with Crippen molar-refractivity contribution in [2.24, 2.45) is 16.4 Å². The Kier molecular flexibility index (Phi) is 5.55. The van der Waals surface area contributed by atoms with Crippen LogP contribution in [0.2, 0.25) is 0 Å². The molecule has 0 aromatic heterocycles. The van der Waals surface area contributed by atoms with Crippen LogP contribution in [0.25, 0.3) is 0 Å². The monoisotopic (exact) mass is 316 g/mol. The van der Waals surface area contributed by atoms with Gasteiger partial charge < -0.3 is 0 Å². The second kappa shape index (κ2) is 7.24. The molecule has 1 aliphatic heterocycles. The van der Waals surface area contributed by atoms with Gasteiger partial charge in [0.2, 0.25) is 0 Å². The zero-order chi connectivity index (χ0) is 17.0. The highest BCUT2D eigenvalue weighted by molar-refractivity contribution is 6.12. The van der Waals surface area contributed by atoms with E-state index in [1.54, 1.807) is 12.2 Å². The van der Waals surface area contributed by atoms with E-state index < -0.39 is 5.41 Å². The third-order valence-electron chi connectivity index (χ3n) is 5.40. The number of allylic oxidation sites excluding steroid dienone is 3. The van der Waals surface area contributed by atoms with E-state index in [9.17, 15) is 9.59 Å². The van der Waals surface area contributed by atoms with Crippen LogP contribution in [0.3, 0.4) is 0 Å². The van der Waals surface area contributed by atoms with Gasteiger partial charge in [0, 0.05) is 5.57 Å². The van der Waals surface area contributed by atoms with Gasteiger partial charge in [0.1, 0.15) is 6.54 Å². The molecule has 1 amide bonds. The van der Waals surface area contributed by atoms with Gasteiger partial charge in [-0.2, -0.15) is 5.10 Å². The normalized spacial score (nSPS) is 27.0. The second-order valence-electron chi connectivity index (χ2n) is 6.75. The van der Waals surface area contributed by atoms with Crippen LogP contribution in [0.15, 0.2) is 28.9 Å². The first kappa shape index (κ1) is 17.6. The van der Waals surface area contributed by atoms with E-state index in [1.807, 2.05) is 33.8 Å². The average Bonchev–Trinajstić information content (AvgIpc) is 2.78. The van der Waals surface area contributed by atoms with Gasteiger partial charge in [-0.15, -0.1) is 0 Å². The van der Waals surface area contributed by atoms with Crippen LogP contribution in [0.5, 0.6) is 0 Å². The Morgan fingerprint density at radius 1 is 1.30 bits per heavy atom. The predicted octanol–water partition coefficient (Wildman–Crippen LogP) is 3.88. The van der Waals surface area contributed by atoms with Crippen LogP contribution in [0.1, 0.15) is 59.8 Å². The zero-order valence-electron chi connectivity index (χ0n) is 14.8. The summed E-state index contributed by atoms with van der Waals surface area (Å²) >= 11 is 0. The van der Waals surface area contributed by atoms with Gasteiger partial charge in [0.15, 0.2) is 5.78 Å². The van der Waals surface area contributed by atoms with Crippen molar-refractivity contribution in [3.63, 3.8) is 0 Å². The molecule has 0 bridgehead atoms. The van der Waals surface area contributed by atoms with Crippen LogP contribution in [0, 0.1) is 11.3 Å². The summed E-state index contributed by atoms with van der Waals surface area (Å²) in [6.07, 6.45) is 11.2. The lowest BCUT2D eigenvalue weighted by atomic mass is 9.67. The van der Waals surface area contributed by atoms with Crippen molar-refractivity contribution in [3.05, 3.63) is 23.8 Å². The summed E-state index contributed by atoms with van der Waals surface area (Å²) in [5, 5.41) is 5.83. The molecule has 0 spiro atoms. The quantitative estimate of drug-likeness (QED) is 0.571. The standard InChI is InChI=1S/C19H28N2O2/c1-5-10-15(6-2)17(22)13-21-18(23)19(4,14(3)20-21)16-11-8-7-9-12-16/h5-6,10,16H,7-9,11-13H2,1-4H3/b10-5-,15-6+. The van der Waals surface area contributed by atoms with Gasteiger partial charge in [0.25, 0.3) is 5.91 Å². The van der Waals surface area contributed by atoms with Gasteiger partial charge in [-0.1, -0.05) is 37.5 Å². The number of nitrogens with zero attached hydrogens (tertiary/aromatic N) is 2. The third-order valence-corrected chi connectivity index (χ3v) is 5.40. The average molecular weight is 316 g/mol. The maximum atomic E-state index is 13.0. The van der Waals surface area contributed by atoms with Crippen molar-refractivity contribution in [2.75, 3.05) is 6.54 Å². The van der Waals surface area contributed by atoms with E-state index >= 15 is 0 Å². The summed E-state index contributed by atoms with van der Waals surface area (Å²) < 4.78 is 0. The summed E-state index contributed by atoms with van der Waals surface area (Å²) in [4.78, 5) is 25.3. The summed E-state index contributed by atoms with van der Waals surface area (Å²) in [7, 11) is 0. The van der Waals surface area contributed by atoms with Crippen molar-refractivity contribution in [1.29, 1.82) is 0 Å². The second-order valence-corrected chi connectivity index (χ2v) is 6.75. The van der Waals surface area contributed by atoms with Crippen LogP contribution in [-0.4, -0.2) is 29.0 Å². The highest BCUT2D eigenvalue weighted by atomic mass is 16.2. The van der Waals surface area contributed by atoms with Crippen LogP contribution in [0.4, 0.5) is 0 Å². The Balaban J connectivity index is 2.15. The smallest absolute Gasteiger partial charge is 0.255 e. The lowest BCUT2D eigenvalue weighted by molar-refractivity contribution is -0.140. The number of amides is 1. The SMILES string of the molecule is C/C=C\C(=C/C)C(=O)CN1N=C(C)C(C)(C2CCCCC2)C1=O. The first-order valence-electron chi connectivity index (χ1n) is 8.65. The fourth-order valence-corrected chi connectivity index (χ4v) is 3.77. The molecule has 23 heavy (non-hydrogen) atoms. The first-order valence-corrected chi connectivity index (χ1v) is 8.65. The molecule has 0 saturated heterocycles. The van der Waals surface area contributed by atoms with Crippen LogP contribution >= 0.6 is 0 Å². The highest BCUT2D eigenvalue weighted by Crippen LogP contribution is 2.43. The van der Waals surface area contributed by atoms with E-state index in [0.29, 0.717) is 11.5 Å². The van der Waals surface area contributed by atoms with Gasteiger partial charge in [-0.05, 0) is 46.5 Å². The lowest BCUT2D eigenvalue weighted by Gasteiger charge is -2.35. The number of Topliss-reactive ketones (excluding diaryl/α,β-unsaturated/α-hetero) is 1. The molecule has 0 N–H and O–H groups in total. The summed E-state index contributed by atoms with van der Waals surface area (Å²) in [6.45, 7) is 7.68. The number of hydrazone groups is 1. The minimum Gasteiger partial charge on any atom is -0.292 e. The molecule has 0 radical (unpaired) electrons. The van der Waals surface area contributed by atoms with Gasteiger partial charge in [-0.3, -0.25) is 9.59 Å². The van der Waals surface area contributed by atoms with E-state index in [4.69, 9.17) is 0 Å². The van der Waals surface area contributed by atoms with Crippen molar-refractivity contribution in [2.45, 2.75) is 59.8 Å². The van der Waals surface area contributed by atoms with E-state index in [1.165, 1.54) is 24.3 Å². The highest BCUT2D eigenvalue weighted by Gasteiger charge is 2.50. The number of rotatable bonds is 5. The van der Waals surface area contributed by atoms with Crippen molar-refractivity contribution in [1.82, 2.24) is 5.01 Å². The maximum absolute atomic E-state index is 13.0. The molecule has 2 rings (SSSR count). The number of carbonyl (C=O) groups excluding carboxylic acids is 2. The number of carbonyl (C=O) groups is 2. The molecule has 2 aliphatic rings. The Labute approximate surface area is 139 Å². The van der Waals surface area contributed by atoms with Crippen molar-refractivity contribution >= 4 is 17.4 Å². The summed E-state index contributed by atoms with van der Waals surface area (Å²) in [5.41, 5.74) is 0.951. The topological polar surface area (TPSA) is 49.7 Å². The molecule has 1 fully saturated rings. The fourth-order valence-electron chi connectivity index (χ4n) is 3.77. The predicted molar refractivity (Wildman–Crippen MR) is 93.1 cm³/mol. The van der Waals surface area contributed by atoms with Crippen molar-refractivity contribution in [3.8, 4) is 0 Å².